The Bertz CT molecular complexity index is 511. The van der Waals surface area contributed by atoms with Crippen LogP contribution in [0.2, 0.25) is 0 Å². The van der Waals surface area contributed by atoms with E-state index < -0.39 is 0 Å². The lowest BCUT2D eigenvalue weighted by Crippen LogP contribution is -2.09. The van der Waals surface area contributed by atoms with Crippen LogP contribution in [0, 0.1) is 6.92 Å². The van der Waals surface area contributed by atoms with E-state index in [-0.39, 0.29) is 0 Å². The van der Waals surface area contributed by atoms with E-state index >= 15 is 0 Å². The molecule has 0 aromatic heterocycles. The maximum atomic E-state index is 5.75. The zero-order valence-corrected chi connectivity index (χ0v) is 12.5. The van der Waals surface area contributed by atoms with Crippen LogP contribution in [0.25, 0.3) is 0 Å². The van der Waals surface area contributed by atoms with E-state index in [1.807, 2.05) is 36.4 Å². The van der Waals surface area contributed by atoms with Crippen molar-refractivity contribution in [3.63, 3.8) is 0 Å². The molecule has 19 heavy (non-hydrogen) atoms. The van der Waals surface area contributed by atoms with Crippen LogP contribution in [0.15, 0.2) is 48.5 Å². The van der Waals surface area contributed by atoms with Crippen molar-refractivity contribution in [3.05, 3.63) is 59.7 Å². The van der Waals surface area contributed by atoms with Gasteiger partial charge in [0, 0.05) is 10.9 Å². The number of rotatable bonds is 6. The lowest BCUT2D eigenvalue weighted by molar-refractivity contribution is 0.216. The smallest absolute Gasteiger partial charge is 0.123 e. The van der Waals surface area contributed by atoms with Gasteiger partial charge in [0.1, 0.15) is 24.7 Å². The summed E-state index contributed by atoms with van der Waals surface area (Å²) in [7, 11) is 0. The molecule has 0 radical (unpaired) electrons. The van der Waals surface area contributed by atoms with Crippen LogP contribution in [0.3, 0.4) is 0 Å². The van der Waals surface area contributed by atoms with Gasteiger partial charge in [-0.05, 0) is 25.1 Å². The Morgan fingerprint density at radius 2 is 1.68 bits per heavy atom. The molecule has 100 valence electrons. The highest BCUT2D eigenvalue weighted by molar-refractivity contribution is 9.08. The van der Waals surface area contributed by atoms with Crippen molar-refractivity contribution in [3.8, 4) is 11.5 Å². The lowest BCUT2D eigenvalue weighted by Gasteiger charge is -2.11. The first-order valence-electron chi connectivity index (χ1n) is 6.26. The van der Waals surface area contributed by atoms with E-state index in [0.29, 0.717) is 13.2 Å². The molecular formula is C16H17BrO2. The van der Waals surface area contributed by atoms with Gasteiger partial charge in [-0.25, -0.2) is 0 Å². The predicted molar refractivity (Wildman–Crippen MR) is 81.2 cm³/mol. The monoisotopic (exact) mass is 320 g/mol. The summed E-state index contributed by atoms with van der Waals surface area (Å²) in [6.45, 7) is 3.16. The summed E-state index contributed by atoms with van der Waals surface area (Å²) < 4.78 is 11.3. The third-order valence-corrected chi connectivity index (χ3v) is 3.32. The molecule has 0 saturated heterocycles. The maximum Gasteiger partial charge on any atom is 0.123 e. The van der Waals surface area contributed by atoms with Gasteiger partial charge in [0.25, 0.3) is 0 Å². The molecule has 2 nitrogen and oxygen atoms in total. The Labute approximate surface area is 122 Å². The number of alkyl halides is 1. The summed E-state index contributed by atoms with van der Waals surface area (Å²) in [5.74, 6) is 1.79. The number of para-hydroxylation sites is 1. The van der Waals surface area contributed by atoms with Gasteiger partial charge in [0.05, 0.1) is 0 Å². The Morgan fingerprint density at radius 3 is 2.42 bits per heavy atom. The normalized spacial score (nSPS) is 10.2. The van der Waals surface area contributed by atoms with Crippen molar-refractivity contribution in [1.29, 1.82) is 0 Å². The molecule has 2 aromatic rings. The number of ether oxygens (including phenoxy) is 2. The van der Waals surface area contributed by atoms with E-state index in [1.54, 1.807) is 0 Å². The number of aryl methyl sites for hydroxylation is 1. The van der Waals surface area contributed by atoms with Crippen molar-refractivity contribution >= 4 is 15.9 Å². The second-order valence-corrected chi connectivity index (χ2v) is 4.82. The van der Waals surface area contributed by atoms with Crippen LogP contribution in [-0.2, 0) is 5.33 Å². The van der Waals surface area contributed by atoms with Crippen molar-refractivity contribution in [2.75, 3.05) is 13.2 Å². The highest BCUT2D eigenvalue weighted by Gasteiger charge is 2.02. The number of halogens is 1. The zero-order valence-electron chi connectivity index (χ0n) is 10.9. The first-order chi connectivity index (χ1) is 9.29. The molecule has 0 N–H and O–H groups in total. The summed E-state index contributed by atoms with van der Waals surface area (Å²) in [6, 6.07) is 16.0. The molecule has 3 heteroatoms. The van der Waals surface area contributed by atoms with Crippen LogP contribution < -0.4 is 9.47 Å². The fourth-order valence-electron chi connectivity index (χ4n) is 1.78. The molecule has 0 unspecified atom stereocenters. The van der Waals surface area contributed by atoms with Gasteiger partial charge < -0.3 is 9.47 Å². The summed E-state index contributed by atoms with van der Waals surface area (Å²) in [5.41, 5.74) is 2.40. The standard InChI is InChI=1S/C16H17BrO2/c1-13-7-8-16(14(11-13)12-17)19-10-9-18-15-5-3-2-4-6-15/h2-8,11H,9-10,12H2,1H3. The summed E-state index contributed by atoms with van der Waals surface area (Å²) in [6.07, 6.45) is 0. The lowest BCUT2D eigenvalue weighted by atomic mass is 10.1. The highest BCUT2D eigenvalue weighted by Crippen LogP contribution is 2.22. The average Bonchev–Trinajstić information content (AvgIpc) is 2.46. The quantitative estimate of drug-likeness (QED) is 0.582. The molecule has 0 aliphatic carbocycles. The van der Waals surface area contributed by atoms with E-state index in [2.05, 4.69) is 35.0 Å². The van der Waals surface area contributed by atoms with Crippen molar-refractivity contribution in [2.24, 2.45) is 0 Å². The molecular weight excluding hydrogens is 304 g/mol. The number of hydrogen-bond donors (Lipinski definition) is 0. The summed E-state index contributed by atoms with van der Waals surface area (Å²) >= 11 is 3.48. The summed E-state index contributed by atoms with van der Waals surface area (Å²) in [5, 5.41) is 0.795. The molecule has 0 bridgehead atoms. The minimum absolute atomic E-state index is 0.540. The Balaban J connectivity index is 1.83. The zero-order chi connectivity index (χ0) is 13.5. The van der Waals surface area contributed by atoms with Crippen LogP contribution in [0.5, 0.6) is 11.5 Å². The van der Waals surface area contributed by atoms with Crippen LogP contribution in [0.4, 0.5) is 0 Å². The summed E-state index contributed by atoms with van der Waals surface area (Å²) in [4.78, 5) is 0. The van der Waals surface area contributed by atoms with Gasteiger partial charge in [0.2, 0.25) is 0 Å². The third kappa shape index (κ3) is 4.28. The van der Waals surface area contributed by atoms with Gasteiger partial charge in [-0.3, -0.25) is 0 Å². The minimum Gasteiger partial charge on any atom is -0.490 e. The molecule has 0 aliphatic heterocycles. The van der Waals surface area contributed by atoms with Gasteiger partial charge in [-0.1, -0.05) is 51.8 Å². The SMILES string of the molecule is Cc1ccc(OCCOc2ccccc2)c(CBr)c1. The molecule has 0 spiro atoms. The second kappa shape index (κ2) is 7.19. The number of hydrogen-bond acceptors (Lipinski definition) is 2. The Hall–Kier alpha value is -1.48. The highest BCUT2D eigenvalue weighted by atomic mass is 79.9. The molecule has 0 amide bonds. The molecule has 0 atom stereocenters. The molecule has 0 aliphatic rings. The van der Waals surface area contributed by atoms with E-state index in [1.165, 1.54) is 11.1 Å². The Kier molecular flexibility index (Phi) is 5.28. The third-order valence-electron chi connectivity index (χ3n) is 2.71. The van der Waals surface area contributed by atoms with E-state index in [0.717, 1.165) is 16.8 Å². The van der Waals surface area contributed by atoms with Crippen molar-refractivity contribution < 1.29 is 9.47 Å². The number of benzene rings is 2. The fraction of sp³-hybridized carbons (Fsp3) is 0.250. The largest absolute Gasteiger partial charge is 0.490 e. The maximum absolute atomic E-state index is 5.75. The van der Waals surface area contributed by atoms with Gasteiger partial charge in [-0.2, -0.15) is 0 Å². The Morgan fingerprint density at radius 1 is 0.947 bits per heavy atom. The average molecular weight is 321 g/mol. The van der Waals surface area contributed by atoms with Gasteiger partial charge >= 0.3 is 0 Å². The minimum atomic E-state index is 0.540. The molecule has 0 saturated carbocycles. The van der Waals surface area contributed by atoms with Crippen LogP contribution >= 0.6 is 15.9 Å². The first kappa shape index (κ1) is 13.9. The molecule has 2 aromatic carbocycles. The molecule has 0 heterocycles. The van der Waals surface area contributed by atoms with Gasteiger partial charge in [-0.15, -0.1) is 0 Å². The fourth-order valence-corrected chi connectivity index (χ4v) is 2.22. The second-order valence-electron chi connectivity index (χ2n) is 4.25. The van der Waals surface area contributed by atoms with Crippen LogP contribution in [-0.4, -0.2) is 13.2 Å². The van der Waals surface area contributed by atoms with Crippen molar-refractivity contribution in [2.45, 2.75) is 12.3 Å². The van der Waals surface area contributed by atoms with Crippen molar-refractivity contribution in [1.82, 2.24) is 0 Å². The van der Waals surface area contributed by atoms with Crippen LogP contribution in [0.1, 0.15) is 11.1 Å². The van der Waals surface area contributed by atoms with Gasteiger partial charge in [0.15, 0.2) is 0 Å². The molecule has 2 rings (SSSR count). The van der Waals surface area contributed by atoms with E-state index in [4.69, 9.17) is 9.47 Å². The first-order valence-corrected chi connectivity index (χ1v) is 7.38. The molecule has 0 fully saturated rings. The van der Waals surface area contributed by atoms with E-state index in [9.17, 15) is 0 Å². The predicted octanol–water partition coefficient (Wildman–Crippen LogP) is 4.35. The topological polar surface area (TPSA) is 18.5 Å².